The third kappa shape index (κ3) is 7.66. The van der Waals surface area contributed by atoms with Gasteiger partial charge in [0.15, 0.2) is 0 Å². The number of carbonyl (C=O) groups is 2. The summed E-state index contributed by atoms with van der Waals surface area (Å²) in [5.74, 6) is -2.28. The Labute approximate surface area is 99.7 Å². The topological polar surface area (TPSA) is 139 Å². The number of aliphatic carboxylic acids is 1. The molecule has 0 aliphatic rings. The highest BCUT2D eigenvalue weighted by molar-refractivity contribution is 7.87. The van der Waals surface area contributed by atoms with Gasteiger partial charge in [0.2, 0.25) is 5.91 Å². The fourth-order valence-corrected chi connectivity index (χ4v) is 2.08. The highest BCUT2D eigenvalue weighted by Gasteiger charge is 2.25. The van der Waals surface area contributed by atoms with Crippen LogP contribution in [-0.2, 0) is 19.8 Å². The molecule has 9 heteroatoms. The fraction of sp³-hybridized carbons (Fsp3) is 0.750. The number of carbonyl (C=O) groups excluding carboxylic acids is 1. The van der Waals surface area contributed by atoms with E-state index in [1.165, 1.54) is 0 Å². The van der Waals surface area contributed by atoms with Crippen molar-refractivity contribution in [3.05, 3.63) is 0 Å². The van der Waals surface area contributed by atoms with E-state index in [-0.39, 0.29) is 12.5 Å². The molecule has 0 saturated carbocycles. The number of rotatable bonds is 8. The van der Waals surface area contributed by atoms with Crippen LogP contribution in [-0.4, -0.2) is 38.0 Å². The van der Waals surface area contributed by atoms with Gasteiger partial charge in [0.25, 0.3) is 10.2 Å². The second-order valence-electron chi connectivity index (χ2n) is 3.92. The lowest BCUT2D eigenvalue weighted by molar-refractivity contribution is -0.140. The number of carboxylic acids is 1. The van der Waals surface area contributed by atoms with Gasteiger partial charge >= 0.3 is 5.97 Å². The van der Waals surface area contributed by atoms with Gasteiger partial charge in [-0.2, -0.15) is 13.1 Å². The van der Waals surface area contributed by atoms with Crippen LogP contribution in [0.4, 0.5) is 0 Å². The Morgan fingerprint density at radius 3 is 2.24 bits per heavy atom. The van der Waals surface area contributed by atoms with E-state index in [9.17, 15) is 18.0 Å². The van der Waals surface area contributed by atoms with E-state index in [1.807, 2.05) is 4.72 Å². The molecule has 0 aliphatic heterocycles. The summed E-state index contributed by atoms with van der Waals surface area (Å²) in [7, 11) is -3.96. The predicted molar refractivity (Wildman–Crippen MR) is 60.1 cm³/mol. The zero-order valence-corrected chi connectivity index (χ0v) is 10.5. The number of primary amides is 1. The van der Waals surface area contributed by atoms with Gasteiger partial charge in [-0.3, -0.25) is 9.59 Å². The Morgan fingerprint density at radius 2 is 1.88 bits per heavy atom. The summed E-state index contributed by atoms with van der Waals surface area (Å²) in [6, 6.07) is -1.56. The molecule has 0 radical (unpaired) electrons. The number of amides is 1. The Kier molecular flexibility index (Phi) is 6.07. The van der Waals surface area contributed by atoms with Crippen LogP contribution < -0.4 is 15.2 Å². The number of nitrogens with one attached hydrogen (secondary N) is 2. The van der Waals surface area contributed by atoms with Crippen molar-refractivity contribution in [3.63, 3.8) is 0 Å². The highest BCUT2D eigenvalue weighted by atomic mass is 32.2. The second-order valence-corrected chi connectivity index (χ2v) is 5.46. The number of hydrogen-bond acceptors (Lipinski definition) is 4. The molecular formula is C8H17N3O5S. The molecule has 0 bridgehead atoms. The summed E-state index contributed by atoms with van der Waals surface area (Å²) >= 11 is 0. The SMILES string of the molecule is CC(C)CNS(=O)(=O)N[C@@H](CC(N)=O)C(=O)O. The molecule has 0 aromatic rings. The number of hydrogen-bond donors (Lipinski definition) is 4. The van der Waals surface area contributed by atoms with Crippen LogP contribution in [0.25, 0.3) is 0 Å². The monoisotopic (exact) mass is 267 g/mol. The third-order valence-electron chi connectivity index (χ3n) is 1.68. The van der Waals surface area contributed by atoms with Crippen LogP contribution >= 0.6 is 0 Å². The summed E-state index contributed by atoms with van der Waals surface area (Å²) in [5.41, 5.74) is 4.81. The van der Waals surface area contributed by atoms with Gasteiger partial charge in [0.1, 0.15) is 6.04 Å². The first-order valence-corrected chi connectivity index (χ1v) is 6.40. The molecule has 100 valence electrons. The third-order valence-corrected chi connectivity index (χ3v) is 2.82. The van der Waals surface area contributed by atoms with Crippen LogP contribution in [0.15, 0.2) is 0 Å². The van der Waals surface area contributed by atoms with E-state index in [1.54, 1.807) is 13.8 Å². The minimum absolute atomic E-state index is 0.0750. The second kappa shape index (κ2) is 6.52. The molecule has 17 heavy (non-hydrogen) atoms. The summed E-state index contributed by atoms with van der Waals surface area (Å²) < 4.78 is 26.8. The molecule has 0 heterocycles. The standard InChI is InChI=1S/C8H17N3O5S/c1-5(2)4-10-17(15,16)11-6(8(13)14)3-7(9)12/h5-6,10-11H,3-4H2,1-2H3,(H2,9,12)(H,13,14)/t6-/m0/s1. The van der Waals surface area contributed by atoms with Crippen LogP contribution in [0.1, 0.15) is 20.3 Å². The van der Waals surface area contributed by atoms with Crippen molar-refractivity contribution in [1.82, 2.24) is 9.44 Å². The van der Waals surface area contributed by atoms with Gasteiger partial charge < -0.3 is 10.8 Å². The molecule has 0 aliphatic carbocycles. The Balaban J connectivity index is 4.53. The molecule has 8 nitrogen and oxygen atoms in total. The van der Waals surface area contributed by atoms with Crippen molar-refractivity contribution >= 4 is 22.1 Å². The lowest BCUT2D eigenvalue weighted by atomic mass is 10.2. The van der Waals surface area contributed by atoms with Crippen molar-refractivity contribution in [2.75, 3.05) is 6.54 Å². The van der Waals surface area contributed by atoms with Crippen molar-refractivity contribution in [2.24, 2.45) is 11.7 Å². The molecular weight excluding hydrogens is 250 g/mol. The van der Waals surface area contributed by atoms with Gasteiger partial charge in [0.05, 0.1) is 6.42 Å². The predicted octanol–water partition coefficient (Wildman–Crippen LogP) is -1.60. The van der Waals surface area contributed by atoms with Crippen LogP contribution in [0, 0.1) is 5.92 Å². The first kappa shape index (κ1) is 15.8. The van der Waals surface area contributed by atoms with Gasteiger partial charge in [-0.05, 0) is 5.92 Å². The quantitative estimate of drug-likeness (QED) is 0.419. The summed E-state index contributed by atoms with van der Waals surface area (Å²) in [4.78, 5) is 21.3. The van der Waals surface area contributed by atoms with Crippen molar-refractivity contribution in [2.45, 2.75) is 26.3 Å². The van der Waals surface area contributed by atoms with Crippen molar-refractivity contribution in [3.8, 4) is 0 Å². The first-order valence-electron chi connectivity index (χ1n) is 4.92. The van der Waals surface area contributed by atoms with Crippen LogP contribution in [0.5, 0.6) is 0 Å². The average molecular weight is 267 g/mol. The average Bonchev–Trinajstić information content (AvgIpc) is 2.12. The molecule has 0 saturated heterocycles. The molecule has 0 rings (SSSR count). The van der Waals surface area contributed by atoms with Gasteiger partial charge in [-0.15, -0.1) is 0 Å². The van der Waals surface area contributed by atoms with Crippen molar-refractivity contribution in [1.29, 1.82) is 0 Å². The largest absolute Gasteiger partial charge is 0.480 e. The highest BCUT2D eigenvalue weighted by Crippen LogP contribution is 1.95. The van der Waals surface area contributed by atoms with E-state index in [0.717, 1.165) is 0 Å². The summed E-state index contributed by atoms with van der Waals surface area (Å²) in [6.45, 7) is 3.75. The fourth-order valence-electron chi connectivity index (χ4n) is 0.886. The smallest absolute Gasteiger partial charge is 0.322 e. The molecule has 0 unspecified atom stereocenters. The molecule has 1 atom stereocenters. The van der Waals surface area contributed by atoms with E-state index >= 15 is 0 Å². The minimum atomic E-state index is -3.96. The zero-order valence-electron chi connectivity index (χ0n) is 9.63. The lowest BCUT2D eigenvalue weighted by Crippen LogP contribution is -2.48. The number of carboxylic acid groups (broad SMARTS) is 1. The minimum Gasteiger partial charge on any atom is -0.480 e. The van der Waals surface area contributed by atoms with Crippen LogP contribution in [0.2, 0.25) is 0 Å². The van der Waals surface area contributed by atoms with Crippen molar-refractivity contribution < 1.29 is 23.1 Å². The molecule has 0 aromatic heterocycles. The molecule has 5 N–H and O–H groups in total. The maximum absolute atomic E-state index is 11.4. The normalized spacial score (nSPS) is 13.6. The van der Waals surface area contributed by atoms with Gasteiger partial charge in [0, 0.05) is 6.54 Å². The Hall–Kier alpha value is -1.19. The lowest BCUT2D eigenvalue weighted by Gasteiger charge is -2.14. The molecule has 0 spiro atoms. The Bertz CT molecular complexity index is 379. The van der Waals surface area contributed by atoms with E-state index in [4.69, 9.17) is 10.8 Å². The van der Waals surface area contributed by atoms with E-state index < -0.39 is 34.5 Å². The van der Waals surface area contributed by atoms with Crippen LogP contribution in [0.3, 0.4) is 0 Å². The number of nitrogens with two attached hydrogens (primary N) is 1. The maximum atomic E-state index is 11.4. The van der Waals surface area contributed by atoms with Gasteiger partial charge in [-0.25, -0.2) is 4.72 Å². The molecule has 0 fully saturated rings. The first-order chi connectivity index (χ1) is 7.64. The summed E-state index contributed by atoms with van der Waals surface area (Å²) in [6.07, 6.45) is -0.599. The zero-order chi connectivity index (χ0) is 13.6. The Morgan fingerprint density at radius 1 is 1.35 bits per heavy atom. The van der Waals surface area contributed by atoms with Gasteiger partial charge in [-0.1, -0.05) is 13.8 Å². The summed E-state index contributed by atoms with van der Waals surface area (Å²) in [5, 5.41) is 8.70. The van der Waals surface area contributed by atoms with E-state index in [0.29, 0.717) is 0 Å². The molecule has 1 amide bonds. The molecule has 0 aromatic carbocycles. The maximum Gasteiger partial charge on any atom is 0.322 e. The van der Waals surface area contributed by atoms with E-state index in [2.05, 4.69) is 4.72 Å².